The summed E-state index contributed by atoms with van der Waals surface area (Å²) in [7, 11) is 0. The van der Waals surface area contributed by atoms with E-state index >= 15 is 0 Å². The van der Waals surface area contributed by atoms with Gasteiger partial charge in [-0.2, -0.15) is 0 Å². The number of halogens is 2. The number of likely N-dealkylation sites (tertiary alicyclic amines) is 1. The molecular weight excluding hydrogens is 309 g/mol. The van der Waals surface area contributed by atoms with Crippen LogP contribution in [0, 0.1) is 5.82 Å². The van der Waals surface area contributed by atoms with E-state index in [1.807, 2.05) is 4.90 Å². The number of nitrogens with zero attached hydrogens (tertiary/aromatic N) is 3. The predicted molar refractivity (Wildman–Crippen MR) is 81.6 cm³/mol. The van der Waals surface area contributed by atoms with E-state index in [1.54, 1.807) is 4.90 Å². The monoisotopic (exact) mass is 327 g/mol. The van der Waals surface area contributed by atoms with Gasteiger partial charge in [-0.25, -0.2) is 9.37 Å². The number of hydrogen-bond acceptors (Lipinski definition) is 4. The standard InChI is InChI=1S/C15H19ClFN3O2/c16-11-8-12(17)14(18-9-11)20-6-7-22-13(10-20)15(21)19-4-2-1-3-5-19/h8-9,13H,1-7,10H2. The first-order valence-electron chi connectivity index (χ1n) is 7.61. The fourth-order valence-electron chi connectivity index (χ4n) is 2.95. The van der Waals surface area contributed by atoms with E-state index in [4.69, 9.17) is 16.3 Å². The van der Waals surface area contributed by atoms with Crippen molar-refractivity contribution in [3.8, 4) is 0 Å². The highest BCUT2D eigenvalue weighted by molar-refractivity contribution is 6.30. The summed E-state index contributed by atoms with van der Waals surface area (Å²) in [4.78, 5) is 20.2. The molecule has 0 radical (unpaired) electrons. The zero-order chi connectivity index (χ0) is 15.5. The lowest BCUT2D eigenvalue weighted by molar-refractivity contribution is -0.145. The Morgan fingerprint density at radius 3 is 2.82 bits per heavy atom. The summed E-state index contributed by atoms with van der Waals surface area (Å²) in [6.07, 6.45) is 4.10. The smallest absolute Gasteiger partial charge is 0.253 e. The first kappa shape index (κ1) is 15.5. The number of carbonyl (C=O) groups is 1. The van der Waals surface area contributed by atoms with Gasteiger partial charge in [0.25, 0.3) is 5.91 Å². The Morgan fingerprint density at radius 1 is 1.32 bits per heavy atom. The van der Waals surface area contributed by atoms with Crippen LogP contribution in [0.1, 0.15) is 19.3 Å². The first-order chi connectivity index (χ1) is 10.6. The van der Waals surface area contributed by atoms with Crippen LogP contribution in [0.5, 0.6) is 0 Å². The molecule has 3 heterocycles. The second kappa shape index (κ2) is 6.79. The van der Waals surface area contributed by atoms with Gasteiger partial charge in [0.2, 0.25) is 0 Å². The van der Waals surface area contributed by atoms with Crippen molar-refractivity contribution in [1.29, 1.82) is 0 Å². The molecule has 7 heteroatoms. The summed E-state index contributed by atoms with van der Waals surface area (Å²) in [5, 5.41) is 0.260. The minimum absolute atomic E-state index is 0.00114. The summed E-state index contributed by atoms with van der Waals surface area (Å²) >= 11 is 5.73. The number of anilines is 1. The summed E-state index contributed by atoms with van der Waals surface area (Å²) in [6, 6.07) is 1.24. The van der Waals surface area contributed by atoms with E-state index in [2.05, 4.69) is 4.98 Å². The van der Waals surface area contributed by atoms with Crippen LogP contribution in [0.15, 0.2) is 12.3 Å². The molecule has 22 heavy (non-hydrogen) atoms. The van der Waals surface area contributed by atoms with Gasteiger partial charge in [0.1, 0.15) is 0 Å². The highest BCUT2D eigenvalue weighted by atomic mass is 35.5. The Morgan fingerprint density at radius 2 is 2.09 bits per heavy atom. The van der Waals surface area contributed by atoms with Gasteiger partial charge in [-0.15, -0.1) is 0 Å². The molecule has 1 atom stereocenters. The molecule has 1 aromatic heterocycles. The van der Waals surface area contributed by atoms with E-state index in [0.29, 0.717) is 19.7 Å². The third-order valence-corrected chi connectivity index (χ3v) is 4.30. The van der Waals surface area contributed by atoms with E-state index in [1.165, 1.54) is 18.7 Å². The number of hydrogen-bond donors (Lipinski definition) is 0. The van der Waals surface area contributed by atoms with Crippen LogP contribution in [-0.2, 0) is 9.53 Å². The van der Waals surface area contributed by atoms with Crippen molar-refractivity contribution in [2.24, 2.45) is 0 Å². The molecule has 2 aliphatic rings. The molecule has 0 spiro atoms. The van der Waals surface area contributed by atoms with Crippen LogP contribution < -0.4 is 4.90 Å². The minimum Gasteiger partial charge on any atom is -0.365 e. The average Bonchev–Trinajstić information content (AvgIpc) is 2.55. The van der Waals surface area contributed by atoms with Crippen LogP contribution in [0.4, 0.5) is 10.2 Å². The topological polar surface area (TPSA) is 45.7 Å². The van der Waals surface area contributed by atoms with Crippen LogP contribution in [-0.4, -0.2) is 54.7 Å². The first-order valence-corrected chi connectivity index (χ1v) is 7.99. The molecule has 0 saturated carbocycles. The Kier molecular flexibility index (Phi) is 4.78. The average molecular weight is 328 g/mol. The molecule has 2 aliphatic heterocycles. The van der Waals surface area contributed by atoms with Gasteiger partial charge in [0.15, 0.2) is 17.7 Å². The molecule has 1 unspecified atom stereocenters. The van der Waals surface area contributed by atoms with Gasteiger partial charge in [-0.1, -0.05) is 11.6 Å². The third-order valence-electron chi connectivity index (χ3n) is 4.10. The van der Waals surface area contributed by atoms with E-state index < -0.39 is 11.9 Å². The maximum atomic E-state index is 14.0. The molecule has 1 amide bonds. The number of carbonyl (C=O) groups excluding carboxylic acids is 1. The number of piperidine rings is 1. The number of amides is 1. The Balaban J connectivity index is 1.69. The fourth-order valence-corrected chi connectivity index (χ4v) is 3.09. The van der Waals surface area contributed by atoms with Crippen molar-refractivity contribution in [3.05, 3.63) is 23.1 Å². The van der Waals surface area contributed by atoms with Gasteiger partial charge in [-0.3, -0.25) is 4.79 Å². The molecule has 3 rings (SSSR count). The van der Waals surface area contributed by atoms with E-state index in [9.17, 15) is 9.18 Å². The van der Waals surface area contributed by atoms with Crippen LogP contribution >= 0.6 is 11.6 Å². The van der Waals surface area contributed by atoms with Crippen molar-refractivity contribution in [1.82, 2.24) is 9.88 Å². The molecule has 0 bridgehead atoms. The highest BCUT2D eigenvalue weighted by Crippen LogP contribution is 2.22. The molecular formula is C15H19ClFN3O2. The molecule has 2 saturated heterocycles. The quantitative estimate of drug-likeness (QED) is 0.834. The van der Waals surface area contributed by atoms with Crippen molar-refractivity contribution in [3.63, 3.8) is 0 Å². The second-order valence-corrected chi connectivity index (χ2v) is 6.09. The highest BCUT2D eigenvalue weighted by Gasteiger charge is 2.32. The molecule has 120 valence electrons. The van der Waals surface area contributed by atoms with Crippen LogP contribution in [0.3, 0.4) is 0 Å². The molecule has 0 N–H and O–H groups in total. The molecule has 0 aliphatic carbocycles. The molecule has 0 aromatic carbocycles. The van der Waals surface area contributed by atoms with Gasteiger partial charge >= 0.3 is 0 Å². The lowest BCUT2D eigenvalue weighted by Gasteiger charge is -2.36. The molecule has 5 nitrogen and oxygen atoms in total. The Hall–Kier alpha value is -1.40. The predicted octanol–water partition coefficient (Wildman–Crippen LogP) is 2.09. The lowest BCUT2D eigenvalue weighted by atomic mass is 10.1. The number of rotatable bonds is 2. The minimum atomic E-state index is -0.552. The molecule has 1 aromatic rings. The number of ether oxygens (including phenoxy) is 1. The van der Waals surface area contributed by atoms with Crippen molar-refractivity contribution >= 4 is 23.3 Å². The van der Waals surface area contributed by atoms with Gasteiger partial charge in [-0.05, 0) is 25.3 Å². The Bertz CT molecular complexity index is 552. The summed E-state index contributed by atoms with van der Waals surface area (Å²) in [6.45, 7) is 2.78. The van der Waals surface area contributed by atoms with E-state index in [0.717, 1.165) is 25.9 Å². The third kappa shape index (κ3) is 3.33. The van der Waals surface area contributed by atoms with Gasteiger partial charge in [0, 0.05) is 25.8 Å². The SMILES string of the molecule is O=C(C1CN(c2ncc(Cl)cc2F)CCO1)N1CCCCC1. The van der Waals surface area contributed by atoms with Crippen LogP contribution in [0.2, 0.25) is 5.02 Å². The maximum Gasteiger partial charge on any atom is 0.253 e. The van der Waals surface area contributed by atoms with Crippen LogP contribution in [0.25, 0.3) is 0 Å². The second-order valence-electron chi connectivity index (χ2n) is 5.65. The normalized spacial score (nSPS) is 22.7. The Labute approximate surface area is 134 Å². The summed E-state index contributed by atoms with van der Waals surface area (Å²) < 4.78 is 19.6. The zero-order valence-corrected chi connectivity index (χ0v) is 13.1. The van der Waals surface area contributed by atoms with Gasteiger partial charge < -0.3 is 14.5 Å². The summed E-state index contributed by atoms with van der Waals surface area (Å²) in [5.41, 5.74) is 0. The zero-order valence-electron chi connectivity index (χ0n) is 12.3. The van der Waals surface area contributed by atoms with Crippen molar-refractivity contribution < 1.29 is 13.9 Å². The fraction of sp³-hybridized carbons (Fsp3) is 0.600. The summed E-state index contributed by atoms with van der Waals surface area (Å²) in [5.74, 6) is -0.249. The lowest BCUT2D eigenvalue weighted by Crippen LogP contribution is -2.52. The number of aromatic nitrogens is 1. The van der Waals surface area contributed by atoms with Gasteiger partial charge in [0.05, 0.1) is 18.2 Å². The molecule has 2 fully saturated rings. The largest absolute Gasteiger partial charge is 0.365 e. The van der Waals surface area contributed by atoms with Crippen molar-refractivity contribution in [2.45, 2.75) is 25.4 Å². The van der Waals surface area contributed by atoms with E-state index in [-0.39, 0.29) is 16.7 Å². The number of pyridine rings is 1. The van der Waals surface area contributed by atoms with Crippen molar-refractivity contribution in [2.75, 3.05) is 37.7 Å². The maximum absolute atomic E-state index is 14.0. The number of morpholine rings is 1.